The zero-order valence-corrected chi connectivity index (χ0v) is 15.7. The molecule has 1 amide bonds. The third kappa shape index (κ3) is 4.98. The average Bonchev–Trinajstić information content (AvgIpc) is 2.65. The van der Waals surface area contributed by atoms with Crippen molar-refractivity contribution in [1.82, 2.24) is 5.32 Å². The Labute approximate surface area is 159 Å². The predicted octanol–water partition coefficient (Wildman–Crippen LogP) is 3.05. The molecule has 144 valence electrons. The van der Waals surface area contributed by atoms with E-state index in [0.29, 0.717) is 38.5 Å². The maximum absolute atomic E-state index is 13.6. The molecule has 0 saturated heterocycles. The van der Waals surface area contributed by atoms with Crippen molar-refractivity contribution in [3.05, 3.63) is 59.4 Å². The van der Waals surface area contributed by atoms with Crippen LogP contribution in [0.15, 0.2) is 42.5 Å². The van der Waals surface area contributed by atoms with Gasteiger partial charge < -0.3 is 19.7 Å². The third-order valence-electron chi connectivity index (χ3n) is 4.63. The number of hydrogen-bond acceptors (Lipinski definition) is 4. The quantitative estimate of drug-likeness (QED) is 0.759. The van der Waals surface area contributed by atoms with Gasteiger partial charge in [-0.05, 0) is 24.6 Å². The molecule has 2 aromatic rings. The van der Waals surface area contributed by atoms with Crippen molar-refractivity contribution in [3.63, 3.8) is 0 Å². The lowest BCUT2D eigenvalue weighted by atomic mass is 10.1. The number of methoxy groups -OCH3 is 1. The van der Waals surface area contributed by atoms with Crippen LogP contribution in [0.4, 0.5) is 10.1 Å². The number of carbonyl (C=O) groups excluding carboxylic acids is 1. The van der Waals surface area contributed by atoms with E-state index in [2.05, 4.69) is 34.5 Å². The standard InChI is InChI=1S/C21H25FN2O3/c1-15-3-5-16(6-4-15)13-24-18(12-21(25)23-9-10-26-2)14-27-20-11-17(22)7-8-19(20)24/h3-8,11,18H,9-10,12-14H2,1-2H3,(H,23,25)/t18-/m0/s1. The lowest BCUT2D eigenvalue weighted by Gasteiger charge is -2.38. The summed E-state index contributed by atoms with van der Waals surface area (Å²) in [6, 6.07) is 12.7. The van der Waals surface area contributed by atoms with Crippen LogP contribution >= 0.6 is 0 Å². The number of nitrogens with zero attached hydrogens (tertiary/aromatic N) is 1. The van der Waals surface area contributed by atoms with E-state index in [1.807, 2.05) is 6.92 Å². The van der Waals surface area contributed by atoms with Crippen LogP contribution in [0.25, 0.3) is 0 Å². The molecule has 0 bridgehead atoms. The zero-order valence-electron chi connectivity index (χ0n) is 15.7. The van der Waals surface area contributed by atoms with Gasteiger partial charge in [0.2, 0.25) is 5.91 Å². The minimum Gasteiger partial charge on any atom is -0.489 e. The lowest BCUT2D eigenvalue weighted by molar-refractivity contribution is -0.121. The van der Waals surface area contributed by atoms with Crippen molar-refractivity contribution in [2.45, 2.75) is 25.9 Å². The maximum Gasteiger partial charge on any atom is 0.222 e. The number of amides is 1. The minimum atomic E-state index is -0.334. The molecule has 1 aliphatic heterocycles. The van der Waals surface area contributed by atoms with Crippen LogP contribution in [-0.4, -0.2) is 38.8 Å². The largest absolute Gasteiger partial charge is 0.489 e. The molecule has 0 aliphatic carbocycles. The number of aryl methyl sites for hydroxylation is 1. The highest BCUT2D eigenvalue weighted by Gasteiger charge is 2.29. The molecule has 3 rings (SSSR count). The molecule has 1 atom stereocenters. The Morgan fingerprint density at radius 2 is 2.07 bits per heavy atom. The summed E-state index contributed by atoms with van der Waals surface area (Å²) in [6.45, 7) is 3.95. The molecule has 27 heavy (non-hydrogen) atoms. The SMILES string of the molecule is COCCNC(=O)C[C@H]1COc2cc(F)ccc2N1Cc1ccc(C)cc1. The predicted molar refractivity (Wildman–Crippen MR) is 103 cm³/mol. The summed E-state index contributed by atoms with van der Waals surface area (Å²) in [6.07, 6.45) is 0.298. The van der Waals surface area contributed by atoms with Gasteiger partial charge in [-0.1, -0.05) is 29.8 Å². The Balaban J connectivity index is 1.79. The van der Waals surface area contributed by atoms with Gasteiger partial charge in [-0.3, -0.25) is 4.79 Å². The van der Waals surface area contributed by atoms with Crippen LogP contribution in [-0.2, 0) is 16.1 Å². The number of hydrogen-bond donors (Lipinski definition) is 1. The molecule has 6 heteroatoms. The van der Waals surface area contributed by atoms with Gasteiger partial charge in [0.25, 0.3) is 0 Å². The summed E-state index contributed by atoms with van der Waals surface area (Å²) >= 11 is 0. The van der Waals surface area contributed by atoms with Gasteiger partial charge in [-0.2, -0.15) is 0 Å². The van der Waals surface area contributed by atoms with E-state index in [0.717, 1.165) is 11.3 Å². The highest BCUT2D eigenvalue weighted by molar-refractivity contribution is 5.77. The van der Waals surface area contributed by atoms with Crippen LogP contribution in [0, 0.1) is 12.7 Å². The topological polar surface area (TPSA) is 50.8 Å². The summed E-state index contributed by atoms with van der Waals surface area (Å²) in [5, 5.41) is 2.85. The number of benzene rings is 2. The molecule has 0 aromatic heterocycles. The van der Waals surface area contributed by atoms with Gasteiger partial charge in [0.1, 0.15) is 18.2 Å². The molecule has 0 saturated carbocycles. The summed E-state index contributed by atoms with van der Waals surface area (Å²) < 4.78 is 24.3. The van der Waals surface area contributed by atoms with E-state index in [-0.39, 0.29) is 17.8 Å². The molecule has 5 nitrogen and oxygen atoms in total. The number of rotatable bonds is 7. The second-order valence-electron chi connectivity index (χ2n) is 6.74. The highest BCUT2D eigenvalue weighted by Crippen LogP contribution is 2.36. The highest BCUT2D eigenvalue weighted by atomic mass is 19.1. The van der Waals surface area contributed by atoms with E-state index < -0.39 is 0 Å². The molecular formula is C21H25FN2O3. The summed E-state index contributed by atoms with van der Waals surface area (Å²) in [7, 11) is 1.60. The Kier molecular flexibility index (Phi) is 6.29. The van der Waals surface area contributed by atoms with Crippen molar-refractivity contribution < 1.29 is 18.7 Å². The number of nitrogens with one attached hydrogen (secondary N) is 1. The Morgan fingerprint density at radius 1 is 1.30 bits per heavy atom. The van der Waals surface area contributed by atoms with Crippen molar-refractivity contribution in [3.8, 4) is 5.75 Å². The first-order chi connectivity index (χ1) is 13.1. The fraction of sp³-hybridized carbons (Fsp3) is 0.381. The molecule has 0 unspecified atom stereocenters. The molecule has 0 radical (unpaired) electrons. The van der Waals surface area contributed by atoms with Gasteiger partial charge in [-0.25, -0.2) is 4.39 Å². The monoisotopic (exact) mass is 372 g/mol. The molecule has 1 heterocycles. The number of anilines is 1. The Bertz CT molecular complexity index is 779. The van der Waals surface area contributed by atoms with Crippen LogP contribution < -0.4 is 15.0 Å². The zero-order chi connectivity index (χ0) is 19.2. The summed E-state index contributed by atoms with van der Waals surface area (Å²) in [5.41, 5.74) is 3.12. The van der Waals surface area contributed by atoms with Gasteiger partial charge in [0, 0.05) is 26.3 Å². The number of carbonyl (C=O) groups is 1. The van der Waals surface area contributed by atoms with E-state index in [1.165, 1.54) is 17.7 Å². The van der Waals surface area contributed by atoms with Crippen molar-refractivity contribution in [2.75, 3.05) is 31.8 Å². The molecule has 1 N–H and O–H groups in total. The first kappa shape index (κ1) is 19.2. The molecule has 0 fully saturated rings. The fourth-order valence-corrected chi connectivity index (χ4v) is 3.17. The Morgan fingerprint density at radius 3 is 2.81 bits per heavy atom. The van der Waals surface area contributed by atoms with E-state index in [4.69, 9.17) is 9.47 Å². The van der Waals surface area contributed by atoms with Crippen LogP contribution in [0.1, 0.15) is 17.5 Å². The van der Waals surface area contributed by atoms with E-state index in [9.17, 15) is 9.18 Å². The molecule has 0 spiro atoms. The molecule has 1 aliphatic rings. The first-order valence-corrected chi connectivity index (χ1v) is 9.07. The van der Waals surface area contributed by atoms with Gasteiger partial charge in [0.15, 0.2) is 0 Å². The number of ether oxygens (including phenoxy) is 2. The fourth-order valence-electron chi connectivity index (χ4n) is 3.17. The van der Waals surface area contributed by atoms with Crippen LogP contribution in [0.5, 0.6) is 5.75 Å². The number of halogens is 1. The smallest absolute Gasteiger partial charge is 0.222 e. The van der Waals surface area contributed by atoms with Gasteiger partial charge in [-0.15, -0.1) is 0 Å². The molecule has 2 aromatic carbocycles. The summed E-state index contributed by atoms with van der Waals surface area (Å²) in [5.74, 6) is 0.123. The minimum absolute atomic E-state index is 0.0554. The second-order valence-corrected chi connectivity index (χ2v) is 6.74. The summed E-state index contributed by atoms with van der Waals surface area (Å²) in [4.78, 5) is 14.4. The van der Waals surface area contributed by atoms with Gasteiger partial charge >= 0.3 is 0 Å². The van der Waals surface area contributed by atoms with E-state index in [1.54, 1.807) is 13.2 Å². The third-order valence-corrected chi connectivity index (χ3v) is 4.63. The van der Waals surface area contributed by atoms with E-state index >= 15 is 0 Å². The Hall–Kier alpha value is -2.60. The van der Waals surface area contributed by atoms with Crippen LogP contribution in [0.3, 0.4) is 0 Å². The van der Waals surface area contributed by atoms with Gasteiger partial charge in [0.05, 0.1) is 24.8 Å². The normalized spacial score (nSPS) is 15.8. The van der Waals surface area contributed by atoms with Crippen LogP contribution in [0.2, 0.25) is 0 Å². The van der Waals surface area contributed by atoms with Crippen molar-refractivity contribution >= 4 is 11.6 Å². The average molecular weight is 372 g/mol. The number of fused-ring (bicyclic) bond motifs is 1. The lowest BCUT2D eigenvalue weighted by Crippen LogP contribution is -2.45. The first-order valence-electron chi connectivity index (χ1n) is 9.07. The molecular weight excluding hydrogens is 347 g/mol. The van der Waals surface area contributed by atoms with Crippen molar-refractivity contribution in [2.24, 2.45) is 0 Å². The van der Waals surface area contributed by atoms with Crippen molar-refractivity contribution in [1.29, 1.82) is 0 Å². The maximum atomic E-state index is 13.6. The second kappa shape index (κ2) is 8.86.